The molecule has 0 aromatic carbocycles. The number of rotatable bonds is 2. The number of aromatic nitrogens is 3. The van der Waals surface area contributed by atoms with E-state index in [1.54, 1.807) is 17.4 Å². The second-order valence-electron chi connectivity index (χ2n) is 3.39. The normalized spacial score (nSPS) is 10.5. The number of nitrogens with zero attached hydrogens (tertiary/aromatic N) is 3. The lowest BCUT2D eigenvalue weighted by Gasteiger charge is -2.00. The maximum atomic E-state index is 5.65. The minimum Gasteiger partial charge on any atom is -0.384 e. The van der Waals surface area contributed by atoms with Gasteiger partial charge < -0.3 is 5.73 Å². The van der Waals surface area contributed by atoms with E-state index in [0.29, 0.717) is 12.2 Å². The third-order valence-electron chi connectivity index (χ3n) is 1.93. The average molecular weight is 220 g/mol. The van der Waals surface area contributed by atoms with Gasteiger partial charge in [0.25, 0.3) is 0 Å². The van der Waals surface area contributed by atoms with Gasteiger partial charge in [-0.25, -0.2) is 15.0 Å². The van der Waals surface area contributed by atoms with E-state index in [-0.39, 0.29) is 0 Å². The Labute approximate surface area is 92.2 Å². The number of aryl methyl sites for hydroxylation is 2. The van der Waals surface area contributed by atoms with Crippen LogP contribution in [0.15, 0.2) is 11.4 Å². The fourth-order valence-corrected chi connectivity index (χ4v) is 2.00. The van der Waals surface area contributed by atoms with Crippen LogP contribution in [0.25, 0.3) is 0 Å². The number of thiazole rings is 1. The molecular weight excluding hydrogens is 208 g/mol. The molecular formula is C10H12N4S. The quantitative estimate of drug-likeness (QED) is 0.837. The van der Waals surface area contributed by atoms with Crippen molar-refractivity contribution in [2.24, 2.45) is 0 Å². The van der Waals surface area contributed by atoms with E-state index in [1.807, 2.05) is 19.2 Å². The summed E-state index contributed by atoms with van der Waals surface area (Å²) in [4.78, 5) is 12.8. The van der Waals surface area contributed by atoms with Gasteiger partial charge in [0.1, 0.15) is 11.6 Å². The summed E-state index contributed by atoms with van der Waals surface area (Å²) in [5.74, 6) is 1.25. The maximum absolute atomic E-state index is 5.65. The van der Waals surface area contributed by atoms with Crippen molar-refractivity contribution in [3.05, 3.63) is 33.7 Å². The van der Waals surface area contributed by atoms with Crippen molar-refractivity contribution in [1.29, 1.82) is 0 Å². The van der Waals surface area contributed by atoms with Crippen LogP contribution in [0.4, 0.5) is 5.82 Å². The van der Waals surface area contributed by atoms with Gasteiger partial charge in [-0.2, -0.15) is 0 Å². The Hall–Kier alpha value is -1.49. The zero-order valence-electron chi connectivity index (χ0n) is 8.69. The summed E-state index contributed by atoms with van der Waals surface area (Å²) < 4.78 is 0. The van der Waals surface area contributed by atoms with Crippen LogP contribution in [0.3, 0.4) is 0 Å². The smallest absolute Gasteiger partial charge is 0.136 e. The van der Waals surface area contributed by atoms with Crippen LogP contribution in [-0.4, -0.2) is 15.0 Å². The molecule has 0 aliphatic carbocycles. The van der Waals surface area contributed by atoms with Crippen LogP contribution in [0.2, 0.25) is 0 Å². The summed E-state index contributed by atoms with van der Waals surface area (Å²) in [6, 6.07) is 1.76. The van der Waals surface area contributed by atoms with Gasteiger partial charge in [-0.1, -0.05) is 0 Å². The molecule has 0 amide bonds. The molecule has 4 nitrogen and oxygen atoms in total. The molecule has 2 rings (SSSR count). The molecule has 2 aromatic heterocycles. The van der Waals surface area contributed by atoms with Crippen molar-refractivity contribution in [2.45, 2.75) is 20.3 Å². The first kappa shape index (κ1) is 10.0. The monoisotopic (exact) mass is 220 g/mol. The van der Waals surface area contributed by atoms with E-state index in [0.717, 1.165) is 22.2 Å². The third kappa shape index (κ3) is 2.50. The van der Waals surface area contributed by atoms with Crippen LogP contribution < -0.4 is 5.73 Å². The van der Waals surface area contributed by atoms with Gasteiger partial charge in [0, 0.05) is 17.1 Å². The Morgan fingerprint density at radius 1 is 1.27 bits per heavy atom. The standard InChI is InChI=1S/C10H12N4S/c1-6-3-9(11)14-10(12-6)4-8-5-15-7(2)13-8/h3,5H,4H2,1-2H3,(H2,11,12,14). The van der Waals surface area contributed by atoms with Gasteiger partial charge in [-0.05, 0) is 13.8 Å². The first-order chi connectivity index (χ1) is 7.13. The number of nitrogens with two attached hydrogens (primary N) is 1. The molecule has 0 saturated heterocycles. The first-order valence-corrected chi connectivity index (χ1v) is 5.52. The van der Waals surface area contributed by atoms with E-state index in [4.69, 9.17) is 5.73 Å². The summed E-state index contributed by atoms with van der Waals surface area (Å²) in [7, 11) is 0. The fourth-order valence-electron chi connectivity index (χ4n) is 1.39. The number of hydrogen-bond acceptors (Lipinski definition) is 5. The van der Waals surface area contributed by atoms with E-state index >= 15 is 0 Å². The molecule has 0 bridgehead atoms. The van der Waals surface area contributed by atoms with Crippen LogP contribution in [0, 0.1) is 13.8 Å². The highest BCUT2D eigenvalue weighted by molar-refractivity contribution is 7.09. The number of hydrogen-bond donors (Lipinski definition) is 1. The highest BCUT2D eigenvalue weighted by Crippen LogP contribution is 2.12. The van der Waals surface area contributed by atoms with E-state index in [1.165, 1.54) is 0 Å². The molecule has 0 spiro atoms. The van der Waals surface area contributed by atoms with Gasteiger partial charge in [0.05, 0.1) is 17.1 Å². The Morgan fingerprint density at radius 2 is 2.07 bits per heavy atom. The largest absolute Gasteiger partial charge is 0.384 e. The predicted molar refractivity (Wildman–Crippen MR) is 60.8 cm³/mol. The average Bonchev–Trinajstić information content (AvgIpc) is 2.49. The molecule has 0 fully saturated rings. The minimum absolute atomic E-state index is 0.518. The van der Waals surface area contributed by atoms with Crippen LogP contribution in [0.5, 0.6) is 0 Å². The zero-order chi connectivity index (χ0) is 10.8. The molecule has 0 atom stereocenters. The molecule has 0 radical (unpaired) electrons. The summed E-state index contributed by atoms with van der Waals surface area (Å²) in [5, 5.41) is 3.09. The van der Waals surface area contributed by atoms with Crippen molar-refractivity contribution >= 4 is 17.2 Å². The zero-order valence-corrected chi connectivity index (χ0v) is 9.51. The van der Waals surface area contributed by atoms with Gasteiger partial charge in [-0.15, -0.1) is 11.3 Å². The maximum Gasteiger partial charge on any atom is 0.136 e. The van der Waals surface area contributed by atoms with Gasteiger partial charge in [0.2, 0.25) is 0 Å². The highest BCUT2D eigenvalue weighted by atomic mass is 32.1. The van der Waals surface area contributed by atoms with Crippen molar-refractivity contribution < 1.29 is 0 Å². The molecule has 2 heterocycles. The topological polar surface area (TPSA) is 64.7 Å². The molecule has 2 N–H and O–H groups in total. The van der Waals surface area contributed by atoms with Crippen LogP contribution in [-0.2, 0) is 6.42 Å². The number of nitrogen functional groups attached to an aromatic ring is 1. The molecule has 5 heteroatoms. The molecule has 2 aromatic rings. The van der Waals surface area contributed by atoms with Gasteiger partial charge >= 0.3 is 0 Å². The second kappa shape index (κ2) is 3.94. The molecule has 0 saturated carbocycles. The first-order valence-electron chi connectivity index (χ1n) is 4.64. The third-order valence-corrected chi connectivity index (χ3v) is 2.75. The molecule has 78 valence electrons. The van der Waals surface area contributed by atoms with Crippen molar-refractivity contribution in [3.8, 4) is 0 Å². The van der Waals surface area contributed by atoms with Crippen LogP contribution in [0.1, 0.15) is 22.2 Å². The highest BCUT2D eigenvalue weighted by Gasteiger charge is 2.04. The Balaban J connectivity index is 2.24. The van der Waals surface area contributed by atoms with E-state index < -0.39 is 0 Å². The summed E-state index contributed by atoms with van der Waals surface area (Å²) in [6.07, 6.45) is 0.649. The van der Waals surface area contributed by atoms with Crippen LogP contribution >= 0.6 is 11.3 Å². The second-order valence-corrected chi connectivity index (χ2v) is 4.45. The van der Waals surface area contributed by atoms with E-state index in [2.05, 4.69) is 15.0 Å². The van der Waals surface area contributed by atoms with Crippen molar-refractivity contribution in [3.63, 3.8) is 0 Å². The molecule has 15 heavy (non-hydrogen) atoms. The van der Waals surface area contributed by atoms with Gasteiger partial charge in [-0.3, -0.25) is 0 Å². The Morgan fingerprint density at radius 3 is 2.67 bits per heavy atom. The van der Waals surface area contributed by atoms with Gasteiger partial charge in [0.15, 0.2) is 0 Å². The predicted octanol–water partition coefficient (Wildman–Crippen LogP) is 1.72. The summed E-state index contributed by atoms with van der Waals surface area (Å²) in [6.45, 7) is 3.90. The van der Waals surface area contributed by atoms with Crippen molar-refractivity contribution in [2.75, 3.05) is 5.73 Å². The fraction of sp³-hybridized carbons (Fsp3) is 0.300. The number of anilines is 1. The lowest BCUT2D eigenvalue weighted by atomic mass is 10.3. The SMILES string of the molecule is Cc1cc(N)nc(Cc2csc(C)n2)n1. The Kier molecular flexibility index (Phi) is 2.64. The molecule has 0 aliphatic rings. The lowest BCUT2D eigenvalue weighted by Crippen LogP contribution is -2.02. The Bertz CT molecular complexity index is 458. The minimum atomic E-state index is 0.518. The van der Waals surface area contributed by atoms with Crippen molar-refractivity contribution in [1.82, 2.24) is 15.0 Å². The summed E-state index contributed by atoms with van der Waals surface area (Å²) >= 11 is 1.63. The lowest BCUT2D eigenvalue weighted by molar-refractivity contribution is 0.925. The molecule has 0 aliphatic heterocycles. The molecule has 0 unspecified atom stereocenters. The van der Waals surface area contributed by atoms with E-state index in [9.17, 15) is 0 Å². The summed E-state index contributed by atoms with van der Waals surface area (Å²) in [5.41, 5.74) is 7.54.